The summed E-state index contributed by atoms with van der Waals surface area (Å²) in [5, 5.41) is 2.77. The van der Waals surface area contributed by atoms with Crippen LogP contribution in [0.4, 0.5) is 10.1 Å². The minimum Gasteiger partial charge on any atom is -0.325 e. The summed E-state index contributed by atoms with van der Waals surface area (Å²) in [6.45, 7) is 1.68. The maximum absolute atomic E-state index is 13.3. The van der Waals surface area contributed by atoms with E-state index in [0.29, 0.717) is 25.3 Å². The molecule has 1 N–H and O–H groups in total. The fraction of sp³-hybridized carbons (Fsp3) is 0.381. The van der Waals surface area contributed by atoms with Crippen molar-refractivity contribution in [1.82, 2.24) is 9.21 Å². The van der Waals surface area contributed by atoms with Crippen LogP contribution in [0.2, 0.25) is 0 Å². The highest BCUT2D eigenvalue weighted by Gasteiger charge is 2.25. The van der Waals surface area contributed by atoms with Gasteiger partial charge >= 0.3 is 0 Å². The number of amides is 1. The van der Waals surface area contributed by atoms with E-state index in [4.69, 9.17) is 0 Å². The molecule has 2 aromatic rings. The summed E-state index contributed by atoms with van der Waals surface area (Å²) in [5.41, 5.74) is 1.32. The Kier molecular flexibility index (Phi) is 7.00. The number of carbonyl (C=O) groups excluding carboxylic acids is 1. The fourth-order valence-corrected chi connectivity index (χ4v) is 4.93. The van der Waals surface area contributed by atoms with Crippen molar-refractivity contribution in [2.24, 2.45) is 0 Å². The topological polar surface area (TPSA) is 69.7 Å². The van der Waals surface area contributed by atoms with Gasteiger partial charge in [0.25, 0.3) is 0 Å². The van der Waals surface area contributed by atoms with Crippen LogP contribution in [0, 0.1) is 5.82 Å². The Morgan fingerprint density at radius 1 is 1.10 bits per heavy atom. The van der Waals surface area contributed by atoms with E-state index in [1.165, 1.54) is 28.6 Å². The lowest BCUT2D eigenvalue weighted by molar-refractivity contribution is -0.117. The molecular weight excluding hydrogens is 393 g/mol. The van der Waals surface area contributed by atoms with Crippen LogP contribution in [0.5, 0.6) is 0 Å². The fourth-order valence-electron chi connectivity index (χ4n) is 3.41. The Morgan fingerprint density at radius 2 is 1.79 bits per heavy atom. The number of hydrogen-bond acceptors (Lipinski definition) is 4. The second-order valence-corrected chi connectivity index (χ2v) is 9.28. The third-order valence-corrected chi connectivity index (χ3v) is 6.76. The second-order valence-electron chi connectivity index (χ2n) is 7.34. The van der Waals surface area contributed by atoms with Gasteiger partial charge in [-0.3, -0.25) is 9.69 Å². The predicted octanol–water partition coefficient (Wildman–Crippen LogP) is 3.07. The van der Waals surface area contributed by atoms with E-state index in [9.17, 15) is 17.6 Å². The minimum atomic E-state index is -3.48. The van der Waals surface area contributed by atoms with Crippen molar-refractivity contribution in [3.05, 3.63) is 59.9 Å². The molecule has 0 spiro atoms. The third kappa shape index (κ3) is 5.85. The van der Waals surface area contributed by atoms with Gasteiger partial charge in [-0.2, -0.15) is 4.31 Å². The van der Waals surface area contributed by atoms with Gasteiger partial charge in [0.1, 0.15) is 5.82 Å². The Balaban J connectivity index is 1.55. The number of hydrogen-bond donors (Lipinski definition) is 1. The van der Waals surface area contributed by atoms with Crippen LogP contribution in [0.1, 0.15) is 24.8 Å². The summed E-state index contributed by atoms with van der Waals surface area (Å²) in [6, 6.07) is 12.5. The highest BCUT2D eigenvalue weighted by molar-refractivity contribution is 7.89. The first-order valence-electron chi connectivity index (χ1n) is 9.68. The van der Waals surface area contributed by atoms with Crippen molar-refractivity contribution in [1.29, 1.82) is 0 Å². The highest BCUT2D eigenvalue weighted by atomic mass is 32.2. The van der Waals surface area contributed by atoms with Gasteiger partial charge < -0.3 is 5.32 Å². The molecule has 8 heteroatoms. The summed E-state index contributed by atoms with van der Waals surface area (Å²) in [7, 11) is -1.71. The van der Waals surface area contributed by atoms with E-state index < -0.39 is 10.0 Å². The van der Waals surface area contributed by atoms with Crippen molar-refractivity contribution in [2.45, 2.75) is 30.7 Å². The molecule has 0 atom stereocenters. The van der Waals surface area contributed by atoms with Crippen LogP contribution < -0.4 is 5.32 Å². The van der Waals surface area contributed by atoms with Crippen molar-refractivity contribution in [3.63, 3.8) is 0 Å². The molecule has 0 saturated carbocycles. The number of sulfonamides is 1. The SMILES string of the molecule is CN(CC(=O)Nc1ccc(S(=O)(=O)N2CCCCC2)cc1)Cc1cccc(F)c1. The molecule has 0 aromatic heterocycles. The molecular formula is C21H26FN3O3S. The molecule has 3 rings (SSSR count). The van der Waals surface area contributed by atoms with Crippen LogP contribution in [-0.2, 0) is 21.4 Å². The molecule has 0 aliphatic carbocycles. The number of nitrogens with zero attached hydrogens (tertiary/aromatic N) is 2. The Labute approximate surface area is 171 Å². The van der Waals surface area contributed by atoms with Gasteiger partial charge in [-0.1, -0.05) is 18.6 Å². The number of carbonyl (C=O) groups is 1. The Bertz CT molecular complexity index is 942. The number of nitrogens with one attached hydrogen (secondary N) is 1. The van der Waals surface area contributed by atoms with Gasteiger partial charge in [0.15, 0.2) is 0 Å². The van der Waals surface area contributed by atoms with Crippen molar-refractivity contribution in [3.8, 4) is 0 Å². The first-order valence-corrected chi connectivity index (χ1v) is 11.1. The van der Waals surface area contributed by atoms with E-state index in [1.54, 1.807) is 36.2 Å². The van der Waals surface area contributed by atoms with E-state index in [2.05, 4.69) is 5.32 Å². The molecule has 0 radical (unpaired) electrons. The van der Waals surface area contributed by atoms with E-state index in [-0.39, 0.29) is 23.2 Å². The zero-order chi connectivity index (χ0) is 20.9. The molecule has 2 aromatic carbocycles. The molecule has 0 bridgehead atoms. The van der Waals surface area contributed by atoms with Gasteiger partial charge in [-0.25, -0.2) is 12.8 Å². The van der Waals surface area contributed by atoms with Crippen molar-refractivity contribution in [2.75, 3.05) is 32.0 Å². The molecule has 1 amide bonds. The number of halogens is 1. The number of anilines is 1. The first-order chi connectivity index (χ1) is 13.8. The lowest BCUT2D eigenvalue weighted by Crippen LogP contribution is -2.35. The summed E-state index contributed by atoms with van der Waals surface area (Å²) < 4.78 is 40.1. The molecule has 1 heterocycles. The van der Waals surface area contributed by atoms with E-state index in [0.717, 1.165) is 24.8 Å². The maximum Gasteiger partial charge on any atom is 0.243 e. The maximum atomic E-state index is 13.3. The summed E-state index contributed by atoms with van der Waals surface area (Å²) in [4.78, 5) is 14.3. The summed E-state index contributed by atoms with van der Waals surface area (Å²) in [5.74, 6) is -0.532. The summed E-state index contributed by atoms with van der Waals surface area (Å²) in [6.07, 6.45) is 2.83. The minimum absolute atomic E-state index is 0.129. The molecule has 6 nitrogen and oxygen atoms in total. The molecule has 1 aliphatic heterocycles. The molecule has 1 fully saturated rings. The number of piperidine rings is 1. The molecule has 1 aliphatic rings. The van der Waals surface area contributed by atoms with Crippen LogP contribution in [0.25, 0.3) is 0 Å². The number of rotatable bonds is 7. The average Bonchev–Trinajstić information content (AvgIpc) is 2.69. The van der Waals surface area contributed by atoms with Gasteiger partial charge in [-0.15, -0.1) is 0 Å². The second kappa shape index (κ2) is 9.47. The Morgan fingerprint density at radius 3 is 2.45 bits per heavy atom. The summed E-state index contributed by atoms with van der Waals surface area (Å²) >= 11 is 0. The van der Waals surface area contributed by atoms with Crippen LogP contribution in [0.15, 0.2) is 53.4 Å². The van der Waals surface area contributed by atoms with Gasteiger partial charge in [0.05, 0.1) is 11.4 Å². The quantitative estimate of drug-likeness (QED) is 0.749. The number of likely N-dealkylation sites (N-methyl/N-ethyl adjacent to an activating group) is 1. The first kappa shape index (κ1) is 21.4. The third-order valence-electron chi connectivity index (χ3n) is 4.85. The Hall–Kier alpha value is -2.29. The largest absolute Gasteiger partial charge is 0.325 e. The normalized spacial score (nSPS) is 15.4. The predicted molar refractivity (Wildman–Crippen MR) is 110 cm³/mol. The van der Waals surface area contributed by atoms with Crippen molar-refractivity contribution < 1.29 is 17.6 Å². The molecule has 0 unspecified atom stereocenters. The van der Waals surface area contributed by atoms with Crippen LogP contribution in [-0.4, -0.2) is 50.2 Å². The smallest absolute Gasteiger partial charge is 0.243 e. The van der Waals surface area contributed by atoms with Gasteiger partial charge in [0, 0.05) is 25.3 Å². The lowest BCUT2D eigenvalue weighted by atomic mass is 10.2. The van der Waals surface area contributed by atoms with E-state index in [1.807, 2.05) is 0 Å². The number of benzene rings is 2. The van der Waals surface area contributed by atoms with Crippen LogP contribution in [0.3, 0.4) is 0 Å². The van der Waals surface area contributed by atoms with Crippen LogP contribution >= 0.6 is 0 Å². The highest BCUT2D eigenvalue weighted by Crippen LogP contribution is 2.22. The zero-order valence-corrected chi connectivity index (χ0v) is 17.3. The van der Waals surface area contributed by atoms with E-state index >= 15 is 0 Å². The average molecular weight is 420 g/mol. The van der Waals surface area contributed by atoms with Gasteiger partial charge in [-0.05, 0) is 61.9 Å². The van der Waals surface area contributed by atoms with Gasteiger partial charge in [0.2, 0.25) is 15.9 Å². The lowest BCUT2D eigenvalue weighted by Gasteiger charge is -2.25. The zero-order valence-electron chi connectivity index (χ0n) is 16.5. The molecule has 1 saturated heterocycles. The molecule has 29 heavy (non-hydrogen) atoms. The molecule has 156 valence electrons. The van der Waals surface area contributed by atoms with Crippen molar-refractivity contribution >= 4 is 21.6 Å². The standard InChI is InChI=1S/C21H26FN3O3S/c1-24(15-17-6-5-7-18(22)14-17)16-21(26)23-19-8-10-20(11-9-19)29(27,28)25-12-3-2-4-13-25/h5-11,14H,2-4,12-13,15-16H2,1H3,(H,23,26). The monoisotopic (exact) mass is 419 g/mol.